The minimum Gasteiger partial charge on any atom is -0.463 e. The van der Waals surface area contributed by atoms with E-state index in [0.717, 1.165) is 18.9 Å². The first kappa shape index (κ1) is 13.4. The molecule has 0 amide bonds. The molecule has 1 heterocycles. The summed E-state index contributed by atoms with van der Waals surface area (Å²) in [4.78, 5) is 12.6. The molecule has 0 atom stereocenters. The van der Waals surface area contributed by atoms with Gasteiger partial charge in [-0.3, -0.25) is 5.43 Å². The predicted octanol–water partition coefficient (Wildman–Crippen LogP) is 1.55. The molecular formula is C13H22N6O. The normalized spacial score (nSPS) is 19.5. The summed E-state index contributed by atoms with van der Waals surface area (Å²) in [6.07, 6.45) is 6.29. The molecule has 0 unspecified atom stereocenters. The molecule has 2 fully saturated rings. The lowest BCUT2D eigenvalue weighted by Gasteiger charge is -2.15. The second-order valence-corrected chi connectivity index (χ2v) is 5.75. The molecule has 7 heteroatoms. The highest BCUT2D eigenvalue weighted by Gasteiger charge is 2.53. The Hall–Kier alpha value is -1.63. The zero-order chi connectivity index (χ0) is 14.0. The van der Waals surface area contributed by atoms with Gasteiger partial charge in [0.05, 0.1) is 6.61 Å². The first-order valence-corrected chi connectivity index (χ1v) is 7.35. The van der Waals surface area contributed by atoms with E-state index in [1.165, 1.54) is 25.7 Å². The Bertz CT molecular complexity index is 472. The molecule has 0 spiro atoms. The van der Waals surface area contributed by atoms with Gasteiger partial charge >= 0.3 is 6.01 Å². The number of nitrogens with one attached hydrogen (secondary N) is 2. The van der Waals surface area contributed by atoms with Gasteiger partial charge in [0, 0.05) is 6.54 Å². The SMILES string of the molecule is CCCOc1nc(NN)nc(NCC2(C3CC3)CC2)n1. The largest absolute Gasteiger partial charge is 0.463 e. The molecule has 0 saturated heterocycles. The average molecular weight is 278 g/mol. The van der Waals surface area contributed by atoms with Crippen LogP contribution in [0.2, 0.25) is 0 Å². The van der Waals surface area contributed by atoms with Gasteiger partial charge in [0.15, 0.2) is 0 Å². The van der Waals surface area contributed by atoms with E-state index in [1.54, 1.807) is 0 Å². The zero-order valence-electron chi connectivity index (χ0n) is 11.9. The summed E-state index contributed by atoms with van der Waals surface area (Å²) in [5.41, 5.74) is 2.94. The lowest BCUT2D eigenvalue weighted by Crippen LogP contribution is -2.20. The molecule has 1 aromatic rings. The van der Waals surface area contributed by atoms with Crippen LogP contribution in [0.15, 0.2) is 0 Å². The first-order valence-electron chi connectivity index (χ1n) is 7.35. The second-order valence-electron chi connectivity index (χ2n) is 5.75. The van der Waals surface area contributed by atoms with Crippen LogP contribution in [0.25, 0.3) is 0 Å². The van der Waals surface area contributed by atoms with E-state index in [0.29, 0.717) is 29.9 Å². The minimum absolute atomic E-state index is 0.313. The fourth-order valence-electron chi connectivity index (χ4n) is 2.60. The Morgan fingerprint density at radius 2 is 2.00 bits per heavy atom. The average Bonchev–Trinajstić information content (AvgIpc) is 3.35. The first-order chi connectivity index (χ1) is 9.75. The van der Waals surface area contributed by atoms with E-state index in [4.69, 9.17) is 10.6 Å². The van der Waals surface area contributed by atoms with Gasteiger partial charge in [0.2, 0.25) is 11.9 Å². The van der Waals surface area contributed by atoms with Crippen molar-refractivity contribution in [3.8, 4) is 6.01 Å². The summed E-state index contributed by atoms with van der Waals surface area (Å²) < 4.78 is 5.45. The maximum Gasteiger partial charge on any atom is 0.323 e. The van der Waals surface area contributed by atoms with Crippen LogP contribution in [0.4, 0.5) is 11.9 Å². The summed E-state index contributed by atoms with van der Waals surface area (Å²) >= 11 is 0. The van der Waals surface area contributed by atoms with Gasteiger partial charge in [-0.05, 0) is 43.4 Å². The summed E-state index contributed by atoms with van der Waals surface area (Å²) in [5.74, 6) is 7.14. The van der Waals surface area contributed by atoms with Gasteiger partial charge in [-0.15, -0.1) is 0 Å². The minimum atomic E-state index is 0.313. The summed E-state index contributed by atoms with van der Waals surface area (Å²) in [7, 11) is 0. The third-order valence-electron chi connectivity index (χ3n) is 4.11. The molecule has 2 saturated carbocycles. The Balaban J connectivity index is 1.64. The van der Waals surface area contributed by atoms with Crippen molar-refractivity contribution in [3.63, 3.8) is 0 Å². The summed E-state index contributed by atoms with van der Waals surface area (Å²) in [6.45, 7) is 3.55. The highest BCUT2D eigenvalue weighted by molar-refractivity contribution is 5.35. The van der Waals surface area contributed by atoms with Gasteiger partial charge in [0.25, 0.3) is 0 Å². The van der Waals surface area contributed by atoms with Crippen LogP contribution in [-0.4, -0.2) is 28.1 Å². The number of hydrogen-bond donors (Lipinski definition) is 3. The number of hydrazine groups is 1. The number of rotatable bonds is 8. The van der Waals surface area contributed by atoms with Crippen LogP contribution >= 0.6 is 0 Å². The van der Waals surface area contributed by atoms with Crippen molar-refractivity contribution in [2.24, 2.45) is 17.2 Å². The monoisotopic (exact) mass is 278 g/mol. The zero-order valence-corrected chi connectivity index (χ0v) is 11.9. The van der Waals surface area contributed by atoms with Crippen LogP contribution in [0.3, 0.4) is 0 Å². The van der Waals surface area contributed by atoms with Gasteiger partial charge in [-0.2, -0.15) is 15.0 Å². The molecule has 110 valence electrons. The second kappa shape index (κ2) is 5.40. The van der Waals surface area contributed by atoms with Crippen molar-refractivity contribution in [1.29, 1.82) is 0 Å². The number of nitrogens with two attached hydrogens (primary N) is 1. The molecule has 0 bridgehead atoms. The number of hydrogen-bond acceptors (Lipinski definition) is 7. The maximum atomic E-state index is 5.45. The van der Waals surface area contributed by atoms with Crippen LogP contribution in [-0.2, 0) is 0 Å². The van der Waals surface area contributed by atoms with E-state index < -0.39 is 0 Å². The summed E-state index contributed by atoms with van der Waals surface area (Å²) in [6, 6.07) is 0.313. The topological polar surface area (TPSA) is 98.0 Å². The fourth-order valence-corrected chi connectivity index (χ4v) is 2.60. The van der Waals surface area contributed by atoms with Gasteiger partial charge < -0.3 is 10.1 Å². The lowest BCUT2D eigenvalue weighted by atomic mass is 10.0. The Labute approximate surface area is 118 Å². The smallest absolute Gasteiger partial charge is 0.323 e. The van der Waals surface area contributed by atoms with Crippen molar-refractivity contribution < 1.29 is 4.74 Å². The van der Waals surface area contributed by atoms with Crippen LogP contribution in [0.1, 0.15) is 39.0 Å². The third-order valence-corrected chi connectivity index (χ3v) is 4.11. The molecule has 0 radical (unpaired) electrons. The van der Waals surface area contributed by atoms with E-state index in [-0.39, 0.29) is 0 Å². The van der Waals surface area contributed by atoms with Crippen LogP contribution < -0.4 is 21.3 Å². The molecule has 4 N–H and O–H groups in total. The Morgan fingerprint density at radius 1 is 1.25 bits per heavy atom. The van der Waals surface area contributed by atoms with Gasteiger partial charge in [0.1, 0.15) is 0 Å². The van der Waals surface area contributed by atoms with Crippen molar-refractivity contribution >= 4 is 11.9 Å². The molecule has 3 rings (SSSR count). The van der Waals surface area contributed by atoms with E-state index >= 15 is 0 Å². The molecule has 0 aromatic carbocycles. The van der Waals surface area contributed by atoms with Gasteiger partial charge in [-0.25, -0.2) is 5.84 Å². The summed E-state index contributed by atoms with van der Waals surface area (Å²) in [5, 5.41) is 3.32. The lowest BCUT2D eigenvalue weighted by molar-refractivity contribution is 0.292. The Morgan fingerprint density at radius 3 is 2.60 bits per heavy atom. The molecule has 7 nitrogen and oxygen atoms in total. The third kappa shape index (κ3) is 2.92. The molecule has 1 aromatic heterocycles. The molecule has 20 heavy (non-hydrogen) atoms. The molecule has 0 aliphatic heterocycles. The van der Waals surface area contributed by atoms with Crippen LogP contribution in [0, 0.1) is 11.3 Å². The molecule has 2 aliphatic rings. The van der Waals surface area contributed by atoms with Crippen molar-refractivity contribution in [2.75, 3.05) is 23.9 Å². The van der Waals surface area contributed by atoms with Crippen molar-refractivity contribution in [3.05, 3.63) is 0 Å². The molecular weight excluding hydrogens is 256 g/mol. The predicted molar refractivity (Wildman–Crippen MR) is 76.3 cm³/mol. The highest BCUT2D eigenvalue weighted by atomic mass is 16.5. The number of anilines is 2. The Kier molecular flexibility index (Phi) is 3.60. The number of nitrogens with zero attached hydrogens (tertiary/aromatic N) is 3. The van der Waals surface area contributed by atoms with E-state index in [1.807, 2.05) is 6.92 Å². The van der Waals surface area contributed by atoms with Crippen molar-refractivity contribution in [1.82, 2.24) is 15.0 Å². The van der Waals surface area contributed by atoms with Crippen molar-refractivity contribution in [2.45, 2.75) is 39.0 Å². The van der Waals surface area contributed by atoms with E-state index in [2.05, 4.69) is 25.7 Å². The molecule has 2 aliphatic carbocycles. The number of ether oxygens (including phenoxy) is 1. The number of aromatic nitrogens is 3. The van der Waals surface area contributed by atoms with Gasteiger partial charge in [-0.1, -0.05) is 6.92 Å². The fraction of sp³-hybridized carbons (Fsp3) is 0.769. The van der Waals surface area contributed by atoms with E-state index in [9.17, 15) is 0 Å². The standard InChI is InChI=1S/C13H22N6O/c1-2-7-20-12-17-10(16-11(18-12)19-14)15-8-13(5-6-13)9-3-4-9/h9H,2-8,14H2,1H3,(H2,15,16,17,18,19). The number of nitrogen functional groups attached to an aromatic ring is 1. The quantitative estimate of drug-likeness (QED) is 0.490. The highest BCUT2D eigenvalue weighted by Crippen LogP contribution is 2.61. The maximum absolute atomic E-state index is 5.45. The van der Waals surface area contributed by atoms with Crippen LogP contribution in [0.5, 0.6) is 6.01 Å².